The minimum atomic E-state index is -2.18. The monoisotopic (exact) mass is 1110 g/mol. The second-order valence-corrected chi connectivity index (χ2v) is 18.2. The minimum absolute atomic E-state index is 0.0572. The van der Waals surface area contributed by atoms with Crippen LogP contribution in [0.4, 0.5) is 0 Å². The number of carbonyl (C=O) groups excluding carboxylic acids is 2. The highest BCUT2D eigenvalue weighted by molar-refractivity contribution is 5.89. The van der Waals surface area contributed by atoms with Crippen LogP contribution in [0.15, 0.2) is 89.4 Å². The number of methoxy groups -OCH3 is 1. The summed E-state index contributed by atoms with van der Waals surface area (Å²) >= 11 is 0. The van der Waals surface area contributed by atoms with E-state index in [0.29, 0.717) is 5.56 Å². The first kappa shape index (κ1) is 57.6. The Morgan fingerprint density at radius 2 is 1.06 bits per heavy atom. The molecule has 3 fully saturated rings. The summed E-state index contributed by atoms with van der Waals surface area (Å²) in [5.74, 6) is -5.92. The molecule has 4 aromatic carbocycles. The zero-order chi connectivity index (χ0) is 57.0. The maximum Gasteiger partial charge on any atom is 0.402 e. The molecule has 0 amide bonds. The van der Waals surface area contributed by atoms with Crippen molar-refractivity contribution in [1.82, 2.24) is 0 Å². The Labute approximate surface area is 445 Å². The van der Waals surface area contributed by atoms with Gasteiger partial charge in [0.2, 0.25) is 18.3 Å². The van der Waals surface area contributed by atoms with E-state index < -0.39 is 158 Å². The maximum absolute atomic E-state index is 13.0. The number of aromatic hydroxyl groups is 6. The highest BCUT2D eigenvalue weighted by Gasteiger charge is 2.53. The van der Waals surface area contributed by atoms with Crippen molar-refractivity contribution >= 4 is 35.1 Å². The van der Waals surface area contributed by atoms with Gasteiger partial charge >= 0.3 is 23.3 Å². The number of fused-ring (bicyclic) bond motifs is 1. The van der Waals surface area contributed by atoms with E-state index in [-0.39, 0.29) is 45.1 Å². The number of benzene rings is 4. The molecule has 3 aliphatic heterocycles. The normalized spacial score (nSPS) is 29.1. The predicted molar refractivity (Wildman–Crippen MR) is 263 cm³/mol. The van der Waals surface area contributed by atoms with Crippen molar-refractivity contribution in [3.05, 3.63) is 96.1 Å². The molecule has 7 unspecified atom stereocenters. The van der Waals surface area contributed by atoms with E-state index in [1.165, 1.54) is 55.7 Å². The number of hydrogen-bond acceptors (Lipinski definition) is 26. The lowest BCUT2D eigenvalue weighted by Crippen LogP contribution is -2.65. The van der Waals surface area contributed by atoms with Gasteiger partial charge in [-0.05, 0) is 59.7 Å². The van der Waals surface area contributed by atoms with Crippen molar-refractivity contribution in [3.8, 4) is 63.1 Å². The van der Waals surface area contributed by atoms with Crippen LogP contribution in [0.2, 0.25) is 0 Å². The number of aliphatic hydroxyl groups is 9. The Balaban J connectivity index is 1.13. The lowest BCUT2D eigenvalue weighted by atomic mass is 9.97. The van der Waals surface area contributed by atoms with Gasteiger partial charge in [-0.1, -0.05) is 12.1 Å². The van der Waals surface area contributed by atoms with Gasteiger partial charge in [-0.3, -0.25) is 0 Å². The van der Waals surface area contributed by atoms with Crippen LogP contribution >= 0.6 is 0 Å². The van der Waals surface area contributed by atoms with Crippen molar-refractivity contribution < 1.29 is 133 Å². The first-order chi connectivity index (χ1) is 37.6. The average molecular weight is 1110 g/mol. The van der Waals surface area contributed by atoms with Crippen LogP contribution in [-0.4, -0.2) is 208 Å². The number of aliphatic hydroxyl groups excluding tert-OH is 9. The van der Waals surface area contributed by atoms with Crippen LogP contribution < -0.4 is 14.2 Å². The summed E-state index contributed by atoms with van der Waals surface area (Å²) in [5.41, 5.74) is 0.390. The molecule has 15 N–H and O–H groups in total. The van der Waals surface area contributed by atoms with Gasteiger partial charge in [0.25, 0.3) is 0 Å². The Morgan fingerprint density at radius 3 is 1.67 bits per heavy atom. The summed E-state index contributed by atoms with van der Waals surface area (Å²) in [4.78, 5) is 25.8. The number of carbonyl (C=O) groups is 2. The molecule has 0 radical (unpaired) electrons. The summed E-state index contributed by atoms with van der Waals surface area (Å²) in [7, 11) is 1.32. The second kappa shape index (κ2) is 24.6. The van der Waals surface area contributed by atoms with Crippen LogP contribution in [0.3, 0.4) is 0 Å². The number of esters is 2. The van der Waals surface area contributed by atoms with Gasteiger partial charge in [0.1, 0.15) is 97.2 Å². The number of ether oxygens (including phenoxy) is 9. The lowest BCUT2D eigenvalue weighted by molar-refractivity contribution is -0.358. The van der Waals surface area contributed by atoms with Crippen molar-refractivity contribution in [2.75, 3.05) is 26.9 Å². The Morgan fingerprint density at radius 1 is 0.532 bits per heavy atom. The Hall–Kier alpha value is -7.61. The molecule has 15 atom stereocenters. The van der Waals surface area contributed by atoms with E-state index in [4.69, 9.17) is 47.0 Å². The standard InChI is InChI=1S/C52H54O27/c1-70-33-13-22(3-8-28(33)57)5-11-39(61)71-19-36-41(63)44(66)47(69)51(77-36)79-49-45(67)42(64)37(20-72-38(60)10-4-21-2-7-26(55)29(58)12-21)78-52(49)75-34-17-25-31(73-48(34)23-6-9-27(56)30(59)14-23)15-24(54)16-32(25)74-50-46(68)43(65)40(62)35(18-53)76-50/h2-17,35-37,40-47,49-53,62-69H,18-20H2,1H3,(H5-,54,55,56,57,58,59,60,61)/p+1/t35?,36?,37?,40-,41-,42-,43+,44?,45?,46?,47-,49?,50-,51+,52-/m1/s1. The smallest absolute Gasteiger partial charge is 0.402 e. The van der Waals surface area contributed by atoms with E-state index in [1.807, 2.05) is 0 Å². The fraction of sp³-hybridized carbons (Fsp3) is 0.365. The van der Waals surface area contributed by atoms with Gasteiger partial charge in [-0.2, -0.15) is 0 Å². The van der Waals surface area contributed by atoms with Gasteiger partial charge < -0.3 is 119 Å². The molecule has 424 valence electrons. The molecule has 27 nitrogen and oxygen atoms in total. The highest BCUT2D eigenvalue weighted by Crippen LogP contribution is 2.44. The summed E-state index contributed by atoms with van der Waals surface area (Å²) in [5, 5.41) is 159. The predicted octanol–water partition coefficient (Wildman–Crippen LogP) is -0.667. The zero-order valence-corrected chi connectivity index (χ0v) is 41.1. The van der Waals surface area contributed by atoms with E-state index in [2.05, 4.69) is 0 Å². The lowest BCUT2D eigenvalue weighted by Gasteiger charge is -2.45. The van der Waals surface area contributed by atoms with Gasteiger partial charge in [-0.25, -0.2) is 14.0 Å². The fourth-order valence-electron chi connectivity index (χ4n) is 8.44. The van der Waals surface area contributed by atoms with E-state index in [9.17, 15) is 86.2 Å². The summed E-state index contributed by atoms with van der Waals surface area (Å²) in [6, 6.07) is 14.5. The van der Waals surface area contributed by atoms with Gasteiger partial charge in [0, 0.05) is 30.4 Å². The van der Waals surface area contributed by atoms with Crippen LogP contribution in [0.1, 0.15) is 11.1 Å². The fourth-order valence-corrected chi connectivity index (χ4v) is 8.44. The van der Waals surface area contributed by atoms with Crippen molar-refractivity contribution in [3.63, 3.8) is 0 Å². The third kappa shape index (κ3) is 13.0. The van der Waals surface area contributed by atoms with E-state index in [1.54, 1.807) is 0 Å². The molecule has 79 heavy (non-hydrogen) atoms. The average Bonchev–Trinajstić information content (AvgIpc) is 3.43. The molecule has 3 aliphatic rings. The second-order valence-electron chi connectivity index (χ2n) is 18.2. The molecule has 1 aromatic heterocycles. The Kier molecular flexibility index (Phi) is 17.9. The molecule has 0 bridgehead atoms. The van der Waals surface area contributed by atoms with Gasteiger partial charge in [0.05, 0.1) is 25.3 Å². The molecule has 3 saturated heterocycles. The molecule has 4 heterocycles. The third-order valence-corrected chi connectivity index (χ3v) is 12.8. The topological polar surface area (TPSA) is 432 Å². The van der Waals surface area contributed by atoms with E-state index >= 15 is 0 Å². The number of hydrogen-bond donors (Lipinski definition) is 15. The molecule has 8 rings (SSSR count). The molecule has 0 saturated carbocycles. The van der Waals surface area contributed by atoms with Gasteiger partial charge in [-0.15, -0.1) is 0 Å². The van der Waals surface area contributed by atoms with Crippen LogP contribution in [0, 0.1) is 0 Å². The van der Waals surface area contributed by atoms with Crippen LogP contribution in [-0.2, 0) is 38.0 Å². The Bertz CT molecular complexity index is 3040. The van der Waals surface area contributed by atoms with E-state index in [0.717, 1.165) is 48.6 Å². The molecule has 0 spiro atoms. The first-order valence-electron chi connectivity index (χ1n) is 23.9. The number of rotatable bonds is 17. The van der Waals surface area contributed by atoms with Crippen molar-refractivity contribution in [2.24, 2.45) is 0 Å². The highest BCUT2D eigenvalue weighted by atomic mass is 16.8. The van der Waals surface area contributed by atoms with Gasteiger partial charge in [0.15, 0.2) is 46.9 Å². The summed E-state index contributed by atoms with van der Waals surface area (Å²) in [6.45, 7) is -2.44. The molecule has 27 heteroatoms. The largest absolute Gasteiger partial charge is 0.507 e. The molecule has 0 aliphatic carbocycles. The third-order valence-electron chi connectivity index (χ3n) is 12.8. The van der Waals surface area contributed by atoms with Crippen molar-refractivity contribution in [1.29, 1.82) is 0 Å². The quantitative estimate of drug-likeness (QED) is 0.0238. The SMILES string of the molecule is COc1cc(/C=C/C(=O)OCC2O[C@@H](OC3C(O)[C@H](O)C(COC(=O)/C=C/c4ccc(O)c(O)c4)O[C@H]3Oc3cc4c(O[C@@H]5OC(CO)[C@@H](O)[C@H](O)C5O)cc(O)cc4[o+]c3-c3ccc(O)c(O)c3)[C@H](O)C(O)[C@@H]2O)ccc1O. The number of phenols is 6. The van der Waals surface area contributed by atoms with Crippen LogP contribution in [0.5, 0.6) is 51.7 Å². The summed E-state index contributed by atoms with van der Waals surface area (Å²) in [6.07, 6.45) is -24.5. The molecular weight excluding hydrogens is 1060 g/mol. The zero-order valence-electron chi connectivity index (χ0n) is 41.1. The minimum Gasteiger partial charge on any atom is -0.507 e. The molecular formula is C52H55O27+. The number of phenolic OH excluding ortho intramolecular Hbond substituents is 6. The first-order valence-corrected chi connectivity index (χ1v) is 23.9. The maximum atomic E-state index is 13.0. The van der Waals surface area contributed by atoms with Crippen LogP contribution in [0.25, 0.3) is 34.4 Å². The summed E-state index contributed by atoms with van der Waals surface area (Å²) < 4.78 is 57.6. The van der Waals surface area contributed by atoms with Crippen molar-refractivity contribution in [2.45, 2.75) is 92.1 Å². The molecule has 5 aromatic rings.